The van der Waals surface area contributed by atoms with E-state index in [2.05, 4.69) is 9.72 Å². The van der Waals surface area contributed by atoms with E-state index in [0.29, 0.717) is 28.3 Å². The van der Waals surface area contributed by atoms with Gasteiger partial charge in [0.05, 0.1) is 38.2 Å². The van der Waals surface area contributed by atoms with Crippen LogP contribution in [0.1, 0.15) is 26.4 Å². The summed E-state index contributed by atoms with van der Waals surface area (Å²) in [4.78, 5) is 28.2. The van der Waals surface area contributed by atoms with Crippen LogP contribution in [-0.4, -0.2) is 38.3 Å². The van der Waals surface area contributed by atoms with Gasteiger partial charge in [-0.2, -0.15) is 0 Å². The third-order valence-electron chi connectivity index (χ3n) is 4.08. The normalized spacial score (nSPS) is 10.3. The predicted octanol–water partition coefficient (Wildman–Crippen LogP) is 3.97. The summed E-state index contributed by atoms with van der Waals surface area (Å²) in [6, 6.07) is 11.6. The fraction of sp³-hybridized carbons (Fsp3) is 0.190. The van der Waals surface area contributed by atoms with Crippen LogP contribution in [0.25, 0.3) is 10.6 Å². The van der Waals surface area contributed by atoms with E-state index < -0.39 is 11.9 Å². The molecule has 0 bridgehead atoms. The zero-order valence-corrected chi connectivity index (χ0v) is 16.9. The Morgan fingerprint density at radius 3 is 2.17 bits per heavy atom. The van der Waals surface area contributed by atoms with E-state index in [4.69, 9.17) is 14.2 Å². The standard InChI is InChI=1S/C21H19NO6S/c1-25-17-9-8-15(10-18(17)26-2)19-22-16(12-29-19)11-28-21(24)14-6-4-13(5-7-14)20(23)27-3/h4-10,12H,11H2,1-3H3. The molecule has 0 amide bonds. The van der Waals surface area contributed by atoms with Crippen LogP contribution < -0.4 is 9.47 Å². The van der Waals surface area contributed by atoms with Crippen LogP contribution in [0.3, 0.4) is 0 Å². The summed E-state index contributed by atoms with van der Waals surface area (Å²) in [5, 5.41) is 2.61. The summed E-state index contributed by atoms with van der Waals surface area (Å²) in [5.41, 5.74) is 2.22. The van der Waals surface area contributed by atoms with Crippen LogP contribution in [0.4, 0.5) is 0 Å². The highest BCUT2D eigenvalue weighted by molar-refractivity contribution is 7.13. The minimum absolute atomic E-state index is 0.0430. The van der Waals surface area contributed by atoms with Gasteiger partial charge in [-0.15, -0.1) is 11.3 Å². The van der Waals surface area contributed by atoms with Crippen molar-refractivity contribution in [2.75, 3.05) is 21.3 Å². The first-order valence-electron chi connectivity index (χ1n) is 8.58. The van der Waals surface area contributed by atoms with Gasteiger partial charge in [-0.05, 0) is 42.5 Å². The first kappa shape index (κ1) is 20.3. The smallest absolute Gasteiger partial charge is 0.338 e. The zero-order valence-electron chi connectivity index (χ0n) is 16.1. The van der Waals surface area contributed by atoms with Crippen LogP contribution in [0.5, 0.6) is 11.5 Å². The van der Waals surface area contributed by atoms with Gasteiger partial charge in [0, 0.05) is 10.9 Å². The molecule has 29 heavy (non-hydrogen) atoms. The van der Waals surface area contributed by atoms with Gasteiger partial charge in [-0.1, -0.05) is 0 Å². The third-order valence-corrected chi connectivity index (χ3v) is 5.02. The molecule has 0 saturated carbocycles. The molecule has 0 saturated heterocycles. The molecule has 0 radical (unpaired) electrons. The number of hydrogen-bond donors (Lipinski definition) is 0. The second-order valence-electron chi connectivity index (χ2n) is 5.86. The Morgan fingerprint density at radius 1 is 0.897 bits per heavy atom. The van der Waals surface area contributed by atoms with Crippen LogP contribution in [0, 0.1) is 0 Å². The van der Waals surface area contributed by atoms with Crippen molar-refractivity contribution in [3.63, 3.8) is 0 Å². The highest BCUT2D eigenvalue weighted by Crippen LogP contribution is 2.33. The van der Waals surface area contributed by atoms with Gasteiger partial charge in [-0.3, -0.25) is 0 Å². The molecule has 8 heteroatoms. The summed E-state index contributed by atoms with van der Waals surface area (Å²) in [5.74, 6) is 0.293. The Balaban J connectivity index is 1.64. The van der Waals surface area contributed by atoms with E-state index in [1.807, 2.05) is 23.6 Å². The third kappa shape index (κ3) is 4.72. The minimum atomic E-state index is -0.498. The molecule has 0 unspecified atom stereocenters. The van der Waals surface area contributed by atoms with Crippen LogP contribution >= 0.6 is 11.3 Å². The maximum absolute atomic E-state index is 12.2. The molecule has 0 aliphatic heterocycles. The number of nitrogens with zero attached hydrogens (tertiary/aromatic N) is 1. The first-order chi connectivity index (χ1) is 14.0. The first-order valence-corrected chi connectivity index (χ1v) is 9.46. The second kappa shape index (κ2) is 9.20. The molecule has 150 valence electrons. The van der Waals surface area contributed by atoms with Crippen molar-refractivity contribution in [3.05, 3.63) is 64.7 Å². The molecule has 0 aliphatic carbocycles. The molecule has 7 nitrogen and oxygen atoms in total. The lowest BCUT2D eigenvalue weighted by Gasteiger charge is -2.08. The summed E-state index contributed by atoms with van der Waals surface area (Å²) in [6.45, 7) is 0.0430. The Bertz CT molecular complexity index is 1010. The van der Waals surface area contributed by atoms with Crippen molar-refractivity contribution in [2.24, 2.45) is 0 Å². The number of carbonyl (C=O) groups is 2. The second-order valence-corrected chi connectivity index (χ2v) is 6.72. The monoisotopic (exact) mass is 413 g/mol. The van der Waals surface area contributed by atoms with E-state index in [1.165, 1.54) is 42.7 Å². The van der Waals surface area contributed by atoms with Crippen molar-refractivity contribution in [1.82, 2.24) is 4.98 Å². The lowest BCUT2D eigenvalue weighted by atomic mass is 10.1. The topological polar surface area (TPSA) is 84.0 Å². The van der Waals surface area contributed by atoms with Gasteiger partial charge in [0.25, 0.3) is 0 Å². The molecule has 1 aromatic heterocycles. The van der Waals surface area contributed by atoms with Crippen LogP contribution in [-0.2, 0) is 16.1 Å². The molecule has 2 aromatic carbocycles. The molecular weight excluding hydrogens is 394 g/mol. The van der Waals surface area contributed by atoms with Gasteiger partial charge in [0.2, 0.25) is 0 Å². The highest BCUT2D eigenvalue weighted by Gasteiger charge is 2.13. The molecule has 1 heterocycles. The van der Waals surface area contributed by atoms with Crippen LogP contribution in [0.15, 0.2) is 47.8 Å². The van der Waals surface area contributed by atoms with Gasteiger partial charge in [0.15, 0.2) is 11.5 Å². The van der Waals surface area contributed by atoms with E-state index in [1.54, 1.807) is 14.2 Å². The van der Waals surface area contributed by atoms with Gasteiger partial charge in [-0.25, -0.2) is 14.6 Å². The number of rotatable bonds is 7. The minimum Gasteiger partial charge on any atom is -0.493 e. The molecule has 0 atom stereocenters. The molecule has 0 spiro atoms. The SMILES string of the molecule is COC(=O)c1ccc(C(=O)OCc2csc(-c3ccc(OC)c(OC)c3)n2)cc1. The molecule has 3 rings (SSSR count). The van der Waals surface area contributed by atoms with E-state index in [9.17, 15) is 9.59 Å². The van der Waals surface area contributed by atoms with Crippen molar-refractivity contribution in [1.29, 1.82) is 0 Å². The number of ether oxygens (including phenoxy) is 4. The average molecular weight is 413 g/mol. The van der Waals surface area contributed by atoms with E-state index in [0.717, 1.165) is 10.6 Å². The number of methoxy groups -OCH3 is 3. The Labute approximate surface area is 171 Å². The van der Waals surface area contributed by atoms with E-state index >= 15 is 0 Å². The average Bonchev–Trinajstić information content (AvgIpc) is 3.25. The summed E-state index contributed by atoms with van der Waals surface area (Å²) < 4.78 is 20.5. The number of hydrogen-bond acceptors (Lipinski definition) is 8. The molecular formula is C21H19NO6S. The lowest BCUT2D eigenvalue weighted by molar-refractivity contribution is 0.0467. The van der Waals surface area contributed by atoms with Crippen molar-refractivity contribution < 1.29 is 28.5 Å². The number of thiazole rings is 1. The molecule has 3 aromatic rings. The fourth-order valence-electron chi connectivity index (χ4n) is 2.56. The maximum Gasteiger partial charge on any atom is 0.338 e. The summed E-state index contributed by atoms with van der Waals surface area (Å²) in [6.07, 6.45) is 0. The number of esters is 2. The van der Waals surface area contributed by atoms with Crippen LogP contribution in [0.2, 0.25) is 0 Å². The Hall–Kier alpha value is -3.39. The summed E-state index contributed by atoms with van der Waals surface area (Å²) >= 11 is 1.44. The Kier molecular flexibility index (Phi) is 6.46. The molecule has 0 N–H and O–H groups in total. The van der Waals surface area contributed by atoms with Crippen molar-refractivity contribution in [3.8, 4) is 22.1 Å². The maximum atomic E-state index is 12.2. The summed E-state index contributed by atoms with van der Waals surface area (Å²) in [7, 11) is 4.46. The number of benzene rings is 2. The van der Waals surface area contributed by atoms with E-state index in [-0.39, 0.29) is 6.61 Å². The van der Waals surface area contributed by atoms with Gasteiger partial charge >= 0.3 is 11.9 Å². The molecule has 0 aliphatic rings. The van der Waals surface area contributed by atoms with Gasteiger partial charge < -0.3 is 18.9 Å². The predicted molar refractivity (Wildman–Crippen MR) is 108 cm³/mol. The lowest BCUT2D eigenvalue weighted by Crippen LogP contribution is -2.07. The fourth-order valence-corrected chi connectivity index (χ4v) is 3.36. The van der Waals surface area contributed by atoms with Crippen molar-refractivity contribution >= 4 is 23.3 Å². The highest BCUT2D eigenvalue weighted by atomic mass is 32.1. The van der Waals surface area contributed by atoms with Crippen molar-refractivity contribution in [2.45, 2.75) is 6.61 Å². The quantitative estimate of drug-likeness (QED) is 0.542. The number of aromatic nitrogens is 1. The Morgan fingerprint density at radius 2 is 1.55 bits per heavy atom. The molecule has 0 fully saturated rings. The van der Waals surface area contributed by atoms with Gasteiger partial charge in [0.1, 0.15) is 11.6 Å². The number of carbonyl (C=O) groups excluding carboxylic acids is 2. The largest absolute Gasteiger partial charge is 0.493 e. The zero-order chi connectivity index (χ0) is 20.8.